The molecule has 0 amide bonds. The minimum absolute atomic E-state index is 0.578. The van der Waals surface area contributed by atoms with Crippen LogP contribution in [-0.4, -0.2) is 29.8 Å². The topological polar surface area (TPSA) is 61.4 Å². The van der Waals surface area contributed by atoms with Gasteiger partial charge >= 0.3 is 0 Å². The van der Waals surface area contributed by atoms with E-state index in [1.807, 2.05) is 45.9 Å². The van der Waals surface area contributed by atoms with Crippen LogP contribution in [0.3, 0.4) is 0 Å². The summed E-state index contributed by atoms with van der Waals surface area (Å²) in [5.74, 6) is 1.46. The Kier molecular flexibility index (Phi) is 2.99. The molecule has 0 spiro atoms. The Balaban J connectivity index is 1.57. The summed E-state index contributed by atoms with van der Waals surface area (Å²) in [6.45, 7) is 0.578. The SMILES string of the molecule is c1ccc(-n2ncnc2Cn2cc(C3CCC3)nn2)cc1. The van der Waals surface area contributed by atoms with E-state index < -0.39 is 0 Å². The van der Waals surface area contributed by atoms with Crippen LogP contribution in [0.4, 0.5) is 0 Å². The first kappa shape index (κ1) is 12.3. The fraction of sp³-hybridized carbons (Fsp3) is 0.333. The highest BCUT2D eigenvalue weighted by Crippen LogP contribution is 2.34. The van der Waals surface area contributed by atoms with E-state index in [0.29, 0.717) is 12.5 Å². The molecule has 21 heavy (non-hydrogen) atoms. The van der Waals surface area contributed by atoms with Gasteiger partial charge in [0.2, 0.25) is 0 Å². The van der Waals surface area contributed by atoms with Gasteiger partial charge in [0.05, 0.1) is 11.4 Å². The van der Waals surface area contributed by atoms with Crippen molar-refractivity contribution in [3.05, 3.63) is 54.4 Å². The molecule has 0 aliphatic heterocycles. The number of hydrogen-bond donors (Lipinski definition) is 0. The molecule has 1 aromatic carbocycles. The van der Waals surface area contributed by atoms with Gasteiger partial charge in [0, 0.05) is 12.1 Å². The van der Waals surface area contributed by atoms with E-state index in [-0.39, 0.29) is 0 Å². The van der Waals surface area contributed by atoms with Gasteiger partial charge in [0.1, 0.15) is 12.9 Å². The summed E-state index contributed by atoms with van der Waals surface area (Å²) in [6, 6.07) is 10.00. The molecule has 106 valence electrons. The van der Waals surface area contributed by atoms with Crippen molar-refractivity contribution in [1.29, 1.82) is 0 Å². The third-order valence-electron chi connectivity index (χ3n) is 4.00. The quantitative estimate of drug-likeness (QED) is 0.735. The van der Waals surface area contributed by atoms with Gasteiger partial charge in [-0.15, -0.1) is 5.10 Å². The summed E-state index contributed by atoms with van der Waals surface area (Å²) < 4.78 is 3.68. The summed E-state index contributed by atoms with van der Waals surface area (Å²) in [6.07, 6.45) is 7.39. The summed E-state index contributed by atoms with van der Waals surface area (Å²) in [5, 5.41) is 12.8. The predicted molar refractivity (Wildman–Crippen MR) is 77.1 cm³/mol. The lowest BCUT2D eigenvalue weighted by atomic mass is 9.83. The zero-order valence-electron chi connectivity index (χ0n) is 11.6. The monoisotopic (exact) mass is 280 g/mol. The van der Waals surface area contributed by atoms with Crippen LogP contribution in [0.25, 0.3) is 5.69 Å². The second kappa shape index (κ2) is 5.12. The number of rotatable bonds is 4. The summed E-state index contributed by atoms with van der Waals surface area (Å²) in [7, 11) is 0. The van der Waals surface area contributed by atoms with Gasteiger partial charge in [-0.3, -0.25) is 0 Å². The Bertz CT molecular complexity index is 725. The maximum absolute atomic E-state index is 4.34. The lowest BCUT2D eigenvalue weighted by Crippen LogP contribution is -2.10. The number of hydrogen-bond acceptors (Lipinski definition) is 4. The van der Waals surface area contributed by atoms with Crippen molar-refractivity contribution < 1.29 is 0 Å². The normalized spacial score (nSPS) is 15.0. The fourth-order valence-electron chi connectivity index (χ4n) is 2.58. The molecular weight excluding hydrogens is 264 g/mol. The Morgan fingerprint density at radius 1 is 1.14 bits per heavy atom. The van der Waals surface area contributed by atoms with Gasteiger partial charge < -0.3 is 0 Å². The third-order valence-corrected chi connectivity index (χ3v) is 4.00. The van der Waals surface area contributed by atoms with E-state index in [4.69, 9.17) is 0 Å². The molecule has 1 aliphatic carbocycles. The van der Waals surface area contributed by atoms with E-state index in [1.54, 1.807) is 6.33 Å². The van der Waals surface area contributed by atoms with Crippen LogP contribution in [0.5, 0.6) is 0 Å². The van der Waals surface area contributed by atoms with Gasteiger partial charge in [-0.1, -0.05) is 29.8 Å². The molecule has 6 heteroatoms. The van der Waals surface area contributed by atoms with E-state index >= 15 is 0 Å². The van der Waals surface area contributed by atoms with Gasteiger partial charge in [-0.05, 0) is 25.0 Å². The Hall–Kier alpha value is -2.50. The van der Waals surface area contributed by atoms with Gasteiger partial charge in [-0.25, -0.2) is 14.3 Å². The van der Waals surface area contributed by atoms with Crippen LogP contribution in [0.2, 0.25) is 0 Å². The maximum Gasteiger partial charge on any atom is 0.153 e. The minimum atomic E-state index is 0.578. The maximum atomic E-state index is 4.34. The molecule has 1 fully saturated rings. The molecule has 0 radical (unpaired) electrons. The Morgan fingerprint density at radius 3 is 2.76 bits per heavy atom. The minimum Gasteiger partial charge on any atom is -0.245 e. The van der Waals surface area contributed by atoms with E-state index in [1.165, 1.54) is 19.3 Å². The van der Waals surface area contributed by atoms with E-state index in [0.717, 1.165) is 17.2 Å². The number of nitrogens with zero attached hydrogens (tertiary/aromatic N) is 6. The lowest BCUT2D eigenvalue weighted by Gasteiger charge is -2.22. The predicted octanol–water partition coefficient (Wildman–Crippen LogP) is 2.17. The summed E-state index contributed by atoms with van der Waals surface area (Å²) in [5.41, 5.74) is 2.11. The van der Waals surface area contributed by atoms with Gasteiger partial charge in [-0.2, -0.15) is 5.10 Å². The van der Waals surface area contributed by atoms with Crippen LogP contribution in [0, 0.1) is 0 Å². The van der Waals surface area contributed by atoms with E-state index in [2.05, 4.69) is 20.4 Å². The molecule has 1 aliphatic rings. The molecule has 0 saturated heterocycles. The van der Waals surface area contributed by atoms with Crippen molar-refractivity contribution in [3.63, 3.8) is 0 Å². The molecule has 3 aromatic rings. The van der Waals surface area contributed by atoms with Crippen molar-refractivity contribution in [2.24, 2.45) is 0 Å². The van der Waals surface area contributed by atoms with Crippen molar-refractivity contribution in [2.75, 3.05) is 0 Å². The lowest BCUT2D eigenvalue weighted by molar-refractivity contribution is 0.410. The second-order valence-corrected chi connectivity index (χ2v) is 5.39. The van der Waals surface area contributed by atoms with E-state index in [9.17, 15) is 0 Å². The first-order chi connectivity index (χ1) is 10.4. The highest BCUT2D eigenvalue weighted by Gasteiger charge is 2.22. The molecule has 6 nitrogen and oxygen atoms in total. The Labute approximate surface area is 122 Å². The third kappa shape index (κ3) is 2.33. The molecule has 0 N–H and O–H groups in total. The smallest absolute Gasteiger partial charge is 0.153 e. The summed E-state index contributed by atoms with van der Waals surface area (Å²) >= 11 is 0. The Morgan fingerprint density at radius 2 is 2.00 bits per heavy atom. The van der Waals surface area contributed by atoms with Crippen LogP contribution in [0.1, 0.15) is 36.7 Å². The molecule has 2 aromatic heterocycles. The highest BCUT2D eigenvalue weighted by molar-refractivity contribution is 5.30. The van der Waals surface area contributed by atoms with Crippen LogP contribution >= 0.6 is 0 Å². The molecule has 0 unspecified atom stereocenters. The number of para-hydroxylation sites is 1. The van der Waals surface area contributed by atoms with Crippen molar-refractivity contribution in [1.82, 2.24) is 29.8 Å². The summed E-state index contributed by atoms with van der Waals surface area (Å²) in [4.78, 5) is 4.34. The average Bonchev–Trinajstić information content (AvgIpc) is 3.08. The van der Waals surface area contributed by atoms with Gasteiger partial charge in [0.25, 0.3) is 0 Å². The van der Waals surface area contributed by atoms with Crippen molar-refractivity contribution >= 4 is 0 Å². The second-order valence-electron chi connectivity index (χ2n) is 5.39. The number of benzene rings is 1. The first-order valence-electron chi connectivity index (χ1n) is 7.24. The first-order valence-corrected chi connectivity index (χ1v) is 7.24. The molecule has 4 rings (SSSR count). The largest absolute Gasteiger partial charge is 0.245 e. The molecule has 0 bridgehead atoms. The number of aromatic nitrogens is 6. The highest BCUT2D eigenvalue weighted by atomic mass is 15.4. The van der Waals surface area contributed by atoms with Gasteiger partial charge in [0.15, 0.2) is 5.82 Å². The van der Waals surface area contributed by atoms with Crippen LogP contribution < -0.4 is 0 Å². The average molecular weight is 280 g/mol. The standard InChI is InChI=1S/C15H16N6/c1-2-7-13(8-3-1)21-15(16-11-17-21)10-20-9-14(18-19-20)12-5-4-6-12/h1-3,7-9,11-12H,4-6,10H2. The fourth-order valence-corrected chi connectivity index (χ4v) is 2.58. The molecule has 2 heterocycles. The van der Waals surface area contributed by atoms with Crippen molar-refractivity contribution in [2.45, 2.75) is 31.7 Å². The molecule has 1 saturated carbocycles. The van der Waals surface area contributed by atoms with Crippen LogP contribution in [0.15, 0.2) is 42.9 Å². The zero-order chi connectivity index (χ0) is 14.1. The zero-order valence-corrected chi connectivity index (χ0v) is 11.6. The van der Waals surface area contributed by atoms with Crippen LogP contribution in [-0.2, 0) is 6.54 Å². The molecule has 0 atom stereocenters. The van der Waals surface area contributed by atoms with Crippen molar-refractivity contribution in [3.8, 4) is 5.69 Å². The molecular formula is C15H16N6.